The summed E-state index contributed by atoms with van der Waals surface area (Å²) in [4.78, 5) is 14.4. The van der Waals surface area contributed by atoms with E-state index in [0.29, 0.717) is 13.1 Å². The van der Waals surface area contributed by atoms with Crippen molar-refractivity contribution in [2.24, 2.45) is 0 Å². The number of nitrogens with zero attached hydrogens (tertiary/aromatic N) is 1. The quantitative estimate of drug-likeness (QED) is 0.838. The topological polar surface area (TPSA) is 29.5 Å². The van der Waals surface area contributed by atoms with E-state index in [1.807, 2.05) is 67.3 Å². The summed E-state index contributed by atoms with van der Waals surface area (Å²) in [5.41, 5.74) is 2.89. The molecule has 0 heterocycles. The van der Waals surface area contributed by atoms with Gasteiger partial charge in [0, 0.05) is 24.2 Å². The number of rotatable bonds is 5. The van der Waals surface area contributed by atoms with Gasteiger partial charge in [-0.15, -0.1) is 0 Å². The van der Waals surface area contributed by atoms with Gasteiger partial charge in [0.05, 0.1) is 7.11 Å². The molecule has 2 aromatic rings. The van der Waals surface area contributed by atoms with Crippen LogP contribution < -0.4 is 4.74 Å². The summed E-state index contributed by atoms with van der Waals surface area (Å²) in [5, 5.41) is 0. The summed E-state index contributed by atoms with van der Waals surface area (Å²) >= 11 is 0. The normalized spacial score (nSPS) is 10.2. The molecule has 0 atom stereocenters. The van der Waals surface area contributed by atoms with Crippen molar-refractivity contribution in [2.75, 3.05) is 13.7 Å². The highest BCUT2D eigenvalue weighted by atomic mass is 16.5. The van der Waals surface area contributed by atoms with Crippen LogP contribution in [0.3, 0.4) is 0 Å². The summed E-state index contributed by atoms with van der Waals surface area (Å²) < 4.78 is 5.35. The number of carbonyl (C=O) groups excluding carboxylic acids is 1. The lowest BCUT2D eigenvalue weighted by Gasteiger charge is -2.22. The van der Waals surface area contributed by atoms with Crippen molar-refractivity contribution in [3.8, 4) is 5.75 Å². The average Bonchev–Trinajstić information content (AvgIpc) is 2.53. The Bertz CT molecular complexity index is 605. The fourth-order valence-electron chi connectivity index (χ4n) is 2.25. The molecule has 2 aromatic carbocycles. The van der Waals surface area contributed by atoms with E-state index in [4.69, 9.17) is 4.74 Å². The maximum absolute atomic E-state index is 12.6. The Morgan fingerprint density at radius 1 is 1.10 bits per heavy atom. The average molecular weight is 283 g/mol. The van der Waals surface area contributed by atoms with Gasteiger partial charge in [0.25, 0.3) is 5.91 Å². The van der Waals surface area contributed by atoms with Crippen molar-refractivity contribution in [3.05, 3.63) is 65.2 Å². The molecular weight excluding hydrogens is 262 g/mol. The third kappa shape index (κ3) is 3.63. The number of benzene rings is 2. The van der Waals surface area contributed by atoms with Gasteiger partial charge in [0.1, 0.15) is 5.75 Å². The molecule has 0 fully saturated rings. The predicted octanol–water partition coefficient (Wildman–Crippen LogP) is 3.67. The summed E-state index contributed by atoms with van der Waals surface area (Å²) in [5.74, 6) is 0.857. The van der Waals surface area contributed by atoms with Gasteiger partial charge in [-0.3, -0.25) is 4.79 Å². The molecule has 0 saturated heterocycles. The molecule has 1 amide bonds. The second kappa shape index (κ2) is 6.93. The number of aryl methyl sites for hydroxylation is 1. The number of hydrogen-bond acceptors (Lipinski definition) is 2. The fraction of sp³-hybridized carbons (Fsp3) is 0.278. The summed E-state index contributed by atoms with van der Waals surface area (Å²) in [7, 11) is 1.65. The van der Waals surface area contributed by atoms with Crippen LogP contribution in [0.1, 0.15) is 28.4 Å². The van der Waals surface area contributed by atoms with E-state index >= 15 is 0 Å². The summed E-state index contributed by atoms with van der Waals surface area (Å²) in [6.45, 7) is 5.21. The van der Waals surface area contributed by atoms with E-state index in [0.717, 1.165) is 22.4 Å². The molecule has 3 nitrogen and oxygen atoms in total. The Hall–Kier alpha value is -2.29. The largest absolute Gasteiger partial charge is 0.496 e. The SMILES string of the molecule is CCN(Cc1ccccc1OC)C(=O)c1ccc(C)cc1. The minimum atomic E-state index is 0.0448. The molecule has 0 N–H and O–H groups in total. The van der Waals surface area contributed by atoms with Gasteiger partial charge in [0.15, 0.2) is 0 Å². The first kappa shape index (κ1) is 15.1. The maximum atomic E-state index is 12.6. The van der Waals surface area contributed by atoms with Gasteiger partial charge in [-0.25, -0.2) is 0 Å². The fourth-order valence-corrected chi connectivity index (χ4v) is 2.25. The van der Waals surface area contributed by atoms with Crippen LogP contribution in [-0.2, 0) is 6.54 Å². The van der Waals surface area contributed by atoms with Crippen LogP contribution in [0.2, 0.25) is 0 Å². The van der Waals surface area contributed by atoms with Crippen molar-refractivity contribution in [1.29, 1.82) is 0 Å². The molecule has 0 saturated carbocycles. The molecule has 110 valence electrons. The van der Waals surface area contributed by atoms with Crippen molar-refractivity contribution < 1.29 is 9.53 Å². The monoisotopic (exact) mass is 283 g/mol. The molecule has 3 heteroatoms. The van der Waals surface area contributed by atoms with E-state index in [-0.39, 0.29) is 5.91 Å². The van der Waals surface area contributed by atoms with E-state index in [1.165, 1.54) is 0 Å². The number of amides is 1. The Labute approximate surface area is 126 Å². The minimum Gasteiger partial charge on any atom is -0.496 e. The van der Waals surface area contributed by atoms with Crippen molar-refractivity contribution >= 4 is 5.91 Å². The lowest BCUT2D eigenvalue weighted by atomic mass is 10.1. The second-order valence-electron chi connectivity index (χ2n) is 5.00. The van der Waals surface area contributed by atoms with Crippen molar-refractivity contribution in [2.45, 2.75) is 20.4 Å². The molecule has 0 bridgehead atoms. The molecule has 21 heavy (non-hydrogen) atoms. The smallest absolute Gasteiger partial charge is 0.254 e. The third-order valence-electron chi connectivity index (χ3n) is 3.52. The highest BCUT2D eigenvalue weighted by Crippen LogP contribution is 2.20. The van der Waals surface area contributed by atoms with Gasteiger partial charge in [-0.05, 0) is 32.0 Å². The molecule has 0 aromatic heterocycles. The van der Waals surface area contributed by atoms with Crippen molar-refractivity contribution in [3.63, 3.8) is 0 Å². The van der Waals surface area contributed by atoms with Gasteiger partial charge in [-0.1, -0.05) is 35.9 Å². The van der Waals surface area contributed by atoms with Gasteiger partial charge >= 0.3 is 0 Å². The molecule has 0 aliphatic rings. The zero-order valence-corrected chi connectivity index (χ0v) is 12.8. The molecule has 0 spiro atoms. The van der Waals surface area contributed by atoms with Gasteiger partial charge in [-0.2, -0.15) is 0 Å². The van der Waals surface area contributed by atoms with Crippen LogP contribution in [0.25, 0.3) is 0 Å². The predicted molar refractivity (Wildman–Crippen MR) is 84.6 cm³/mol. The lowest BCUT2D eigenvalue weighted by Crippen LogP contribution is -2.30. The first-order valence-electron chi connectivity index (χ1n) is 7.13. The Morgan fingerprint density at radius 2 is 1.76 bits per heavy atom. The number of methoxy groups -OCH3 is 1. The van der Waals surface area contributed by atoms with Gasteiger partial charge < -0.3 is 9.64 Å². The molecule has 2 rings (SSSR count). The van der Waals surface area contributed by atoms with Crippen LogP contribution >= 0.6 is 0 Å². The van der Waals surface area contributed by atoms with E-state index in [1.54, 1.807) is 7.11 Å². The van der Waals surface area contributed by atoms with Crippen LogP contribution in [0.15, 0.2) is 48.5 Å². The number of carbonyl (C=O) groups is 1. The first-order valence-corrected chi connectivity index (χ1v) is 7.13. The molecule has 0 aliphatic carbocycles. The Balaban J connectivity index is 2.19. The molecule has 0 radical (unpaired) electrons. The third-order valence-corrected chi connectivity index (χ3v) is 3.52. The highest BCUT2D eigenvalue weighted by Gasteiger charge is 2.15. The zero-order chi connectivity index (χ0) is 15.2. The standard InChI is InChI=1S/C18H21NO2/c1-4-19(13-16-7-5-6-8-17(16)21-3)18(20)15-11-9-14(2)10-12-15/h5-12H,4,13H2,1-3H3. The van der Waals surface area contributed by atoms with Crippen LogP contribution in [0.4, 0.5) is 0 Å². The lowest BCUT2D eigenvalue weighted by molar-refractivity contribution is 0.0751. The minimum absolute atomic E-state index is 0.0448. The number of hydrogen-bond donors (Lipinski definition) is 0. The Morgan fingerprint density at radius 3 is 2.38 bits per heavy atom. The Kier molecular flexibility index (Phi) is 4.99. The first-order chi connectivity index (χ1) is 10.2. The highest BCUT2D eigenvalue weighted by molar-refractivity contribution is 5.94. The molecule has 0 unspecified atom stereocenters. The van der Waals surface area contributed by atoms with Crippen LogP contribution in [-0.4, -0.2) is 24.5 Å². The van der Waals surface area contributed by atoms with E-state index in [2.05, 4.69) is 0 Å². The number of para-hydroxylation sites is 1. The van der Waals surface area contributed by atoms with E-state index < -0.39 is 0 Å². The van der Waals surface area contributed by atoms with E-state index in [9.17, 15) is 4.79 Å². The number of ether oxygens (including phenoxy) is 1. The van der Waals surface area contributed by atoms with Gasteiger partial charge in [0.2, 0.25) is 0 Å². The molecule has 0 aliphatic heterocycles. The summed E-state index contributed by atoms with van der Waals surface area (Å²) in [6.07, 6.45) is 0. The van der Waals surface area contributed by atoms with Crippen LogP contribution in [0, 0.1) is 6.92 Å². The second-order valence-corrected chi connectivity index (χ2v) is 5.00. The summed E-state index contributed by atoms with van der Waals surface area (Å²) in [6, 6.07) is 15.5. The zero-order valence-electron chi connectivity index (χ0n) is 12.8. The van der Waals surface area contributed by atoms with Crippen molar-refractivity contribution in [1.82, 2.24) is 4.90 Å². The molecular formula is C18H21NO2. The maximum Gasteiger partial charge on any atom is 0.254 e. The van der Waals surface area contributed by atoms with Crippen LogP contribution in [0.5, 0.6) is 5.75 Å².